The number of rotatable bonds is 14. The minimum atomic E-state index is 0.139. The van der Waals surface area contributed by atoms with Gasteiger partial charge in [-0.25, -0.2) is 0 Å². The van der Waals surface area contributed by atoms with E-state index < -0.39 is 0 Å². The lowest BCUT2D eigenvalue weighted by Gasteiger charge is -2.20. The lowest BCUT2D eigenvalue weighted by atomic mass is 9.98. The summed E-state index contributed by atoms with van der Waals surface area (Å²) in [6, 6.07) is 10.5. The normalized spacial score (nSPS) is 12.5. The molecule has 162 valence electrons. The zero-order valence-corrected chi connectivity index (χ0v) is 19.1. The predicted molar refractivity (Wildman–Crippen MR) is 123 cm³/mol. The summed E-state index contributed by atoms with van der Waals surface area (Å²) in [4.78, 5) is 0. The van der Waals surface area contributed by atoms with Gasteiger partial charge in [-0.05, 0) is 42.5 Å². The molecule has 3 nitrogen and oxygen atoms in total. The van der Waals surface area contributed by atoms with Gasteiger partial charge in [-0.3, -0.25) is 0 Å². The predicted octanol–water partition coefficient (Wildman–Crippen LogP) is 7.71. The number of hydrogen-bond donors (Lipinski definition) is 0. The second-order valence-electron chi connectivity index (χ2n) is 8.37. The van der Waals surface area contributed by atoms with Crippen molar-refractivity contribution in [3.63, 3.8) is 0 Å². The van der Waals surface area contributed by atoms with Gasteiger partial charge in [-0.2, -0.15) is 0 Å². The number of methoxy groups -OCH3 is 2. The van der Waals surface area contributed by atoms with Gasteiger partial charge < -0.3 is 14.2 Å². The molecule has 0 saturated heterocycles. The van der Waals surface area contributed by atoms with E-state index in [4.69, 9.17) is 14.2 Å². The topological polar surface area (TPSA) is 27.7 Å². The van der Waals surface area contributed by atoms with E-state index in [9.17, 15) is 0 Å². The van der Waals surface area contributed by atoms with Gasteiger partial charge in [0, 0.05) is 17.4 Å². The zero-order chi connectivity index (χ0) is 21.1. The van der Waals surface area contributed by atoms with E-state index in [1.165, 1.54) is 44.1 Å². The van der Waals surface area contributed by atoms with E-state index in [0.717, 1.165) is 41.7 Å². The first kappa shape index (κ1) is 23.5. The highest BCUT2D eigenvalue weighted by Crippen LogP contribution is 2.36. The Hall–Kier alpha value is -1.74. The zero-order valence-electron chi connectivity index (χ0n) is 19.1. The van der Waals surface area contributed by atoms with Crippen LogP contribution in [0.25, 0.3) is 10.8 Å². The molecular formula is C26H40O3. The molecule has 0 aliphatic carbocycles. The van der Waals surface area contributed by atoms with Crippen LogP contribution in [-0.2, 0) is 4.74 Å². The maximum Gasteiger partial charge on any atom is 0.126 e. The molecule has 0 bridgehead atoms. The number of fused-ring (bicyclic) bond motifs is 1. The van der Waals surface area contributed by atoms with Crippen LogP contribution in [0.4, 0.5) is 0 Å². The average molecular weight is 401 g/mol. The molecule has 0 fully saturated rings. The molecule has 1 unspecified atom stereocenters. The quantitative estimate of drug-likeness (QED) is 0.304. The maximum absolute atomic E-state index is 6.37. The molecule has 2 rings (SSSR count). The molecule has 0 radical (unpaired) electrons. The highest BCUT2D eigenvalue weighted by Gasteiger charge is 2.15. The van der Waals surface area contributed by atoms with Crippen molar-refractivity contribution in [1.82, 2.24) is 0 Å². The van der Waals surface area contributed by atoms with E-state index in [1.54, 1.807) is 14.2 Å². The summed E-state index contributed by atoms with van der Waals surface area (Å²) < 4.78 is 17.5. The number of ether oxygens (including phenoxy) is 3. The molecule has 0 spiro atoms. The molecule has 0 saturated carbocycles. The van der Waals surface area contributed by atoms with Crippen LogP contribution in [0.2, 0.25) is 0 Å². The van der Waals surface area contributed by atoms with Crippen molar-refractivity contribution in [2.75, 3.05) is 20.8 Å². The molecular weight excluding hydrogens is 360 g/mol. The Labute approximate surface area is 177 Å². The van der Waals surface area contributed by atoms with Crippen molar-refractivity contribution in [2.24, 2.45) is 5.92 Å². The fourth-order valence-corrected chi connectivity index (χ4v) is 3.77. The van der Waals surface area contributed by atoms with Crippen molar-refractivity contribution < 1.29 is 14.2 Å². The first-order chi connectivity index (χ1) is 14.1. The van der Waals surface area contributed by atoms with Crippen LogP contribution in [0.1, 0.15) is 83.8 Å². The summed E-state index contributed by atoms with van der Waals surface area (Å²) in [5.41, 5.74) is 1.24. The van der Waals surface area contributed by atoms with Gasteiger partial charge in [-0.15, -0.1) is 0 Å². The van der Waals surface area contributed by atoms with Gasteiger partial charge >= 0.3 is 0 Å². The molecule has 0 aliphatic rings. The molecule has 29 heavy (non-hydrogen) atoms. The van der Waals surface area contributed by atoms with E-state index in [2.05, 4.69) is 39.0 Å². The molecule has 1 atom stereocenters. The molecule has 0 N–H and O–H groups in total. The van der Waals surface area contributed by atoms with Crippen molar-refractivity contribution in [2.45, 2.75) is 78.2 Å². The molecule has 0 heterocycles. The van der Waals surface area contributed by atoms with Gasteiger partial charge in [-0.1, -0.05) is 71.4 Å². The van der Waals surface area contributed by atoms with Gasteiger partial charge in [0.1, 0.15) is 11.5 Å². The smallest absolute Gasteiger partial charge is 0.126 e. The first-order valence-electron chi connectivity index (χ1n) is 11.4. The summed E-state index contributed by atoms with van der Waals surface area (Å²) >= 11 is 0. The Morgan fingerprint density at radius 2 is 1.41 bits per heavy atom. The summed E-state index contributed by atoms with van der Waals surface area (Å²) in [6.45, 7) is 7.57. The Kier molecular flexibility index (Phi) is 10.3. The van der Waals surface area contributed by atoms with Crippen molar-refractivity contribution in [3.8, 4) is 11.5 Å². The minimum Gasteiger partial charge on any atom is -0.496 e. The summed E-state index contributed by atoms with van der Waals surface area (Å²) in [5, 5.41) is 2.17. The average Bonchev–Trinajstić information content (AvgIpc) is 2.73. The van der Waals surface area contributed by atoms with E-state index in [1.807, 2.05) is 12.1 Å². The Balaban J connectivity index is 2.17. The molecule has 3 heteroatoms. The third-order valence-corrected chi connectivity index (χ3v) is 5.61. The molecule has 0 amide bonds. The third-order valence-electron chi connectivity index (χ3n) is 5.61. The van der Waals surface area contributed by atoms with Crippen LogP contribution in [0.3, 0.4) is 0 Å². The lowest BCUT2D eigenvalue weighted by Crippen LogP contribution is -2.08. The lowest BCUT2D eigenvalue weighted by molar-refractivity contribution is 0.0383. The van der Waals surface area contributed by atoms with Gasteiger partial charge in [0.15, 0.2) is 0 Å². The minimum absolute atomic E-state index is 0.139. The summed E-state index contributed by atoms with van der Waals surface area (Å²) in [5.74, 6) is 2.41. The van der Waals surface area contributed by atoms with Crippen LogP contribution in [-0.4, -0.2) is 20.8 Å². The van der Waals surface area contributed by atoms with Gasteiger partial charge in [0.05, 0.1) is 20.3 Å². The van der Waals surface area contributed by atoms with Crippen LogP contribution in [0.5, 0.6) is 11.5 Å². The Morgan fingerprint density at radius 3 is 2.07 bits per heavy atom. The van der Waals surface area contributed by atoms with Gasteiger partial charge in [0.25, 0.3) is 0 Å². The van der Waals surface area contributed by atoms with E-state index in [0.29, 0.717) is 5.92 Å². The van der Waals surface area contributed by atoms with Crippen LogP contribution >= 0.6 is 0 Å². The highest BCUT2D eigenvalue weighted by molar-refractivity contribution is 5.93. The second-order valence-corrected chi connectivity index (χ2v) is 8.37. The third kappa shape index (κ3) is 7.22. The molecule has 0 aromatic heterocycles. The Morgan fingerprint density at radius 1 is 0.759 bits per heavy atom. The van der Waals surface area contributed by atoms with E-state index >= 15 is 0 Å². The molecule has 2 aromatic rings. The van der Waals surface area contributed by atoms with Crippen LogP contribution in [0.15, 0.2) is 30.3 Å². The fraction of sp³-hybridized carbons (Fsp3) is 0.615. The number of hydrogen-bond acceptors (Lipinski definition) is 3. The van der Waals surface area contributed by atoms with Gasteiger partial charge in [0.2, 0.25) is 0 Å². The maximum atomic E-state index is 6.37. The van der Waals surface area contributed by atoms with E-state index in [-0.39, 0.29) is 6.10 Å². The monoisotopic (exact) mass is 400 g/mol. The van der Waals surface area contributed by atoms with Crippen molar-refractivity contribution >= 4 is 10.8 Å². The summed E-state index contributed by atoms with van der Waals surface area (Å²) in [6.07, 6.45) is 10.1. The number of benzene rings is 2. The summed E-state index contributed by atoms with van der Waals surface area (Å²) in [7, 11) is 3.44. The fourth-order valence-electron chi connectivity index (χ4n) is 3.77. The molecule has 0 aliphatic heterocycles. The highest BCUT2D eigenvalue weighted by atomic mass is 16.5. The molecule has 2 aromatic carbocycles. The standard InChI is InChI=1S/C26H40O3/c1-6-7-8-9-10-11-12-24(29-18-17-20(2)3)21-13-14-22-23(19-21)26(28-5)16-15-25(22)27-4/h13-16,19-20,24H,6-12,17-18H2,1-5H3. The first-order valence-corrected chi connectivity index (χ1v) is 11.4. The largest absolute Gasteiger partial charge is 0.496 e. The second kappa shape index (κ2) is 12.7. The van der Waals surface area contributed by atoms with Crippen molar-refractivity contribution in [3.05, 3.63) is 35.9 Å². The Bertz CT molecular complexity index is 723. The van der Waals surface area contributed by atoms with Crippen LogP contribution < -0.4 is 9.47 Å². The van der Waals surface area contributed by atoms with Crippen molar-refractivity contribution in [1.29, 1.82) is 0 Å². The number of unbranched alkanes of at least 4 members (excludes halogenated alkanes) is 5. The van der Waals surface area contributed by atoms with Crippen LogP contribution in [0, 0.1) is 5.92 Å². The SMILES string of the molecule is CCCCCCCCC(OCCC(C)C)c1ccc2c(OC)ccc(OC)c2c1.